The van der Waals surface area contributed by atoms with E-state index in [1.54, 1.807) is 0 Å². The highest BCUT2D eigenvalue weighted by Crippen LogP contribution is 2.63. The van der Waals surface area contributed by atoms with E-state index in [4.69, 9.17) is 0 Å². The first-order valence-corrected chi connectivity index (χ1v) is 39.7. The lowest BCUT2D eigenvalue weighted by Crippen LogP contribution is -2.37. The summed E-state index contributed by atoms with van der Waals surface area (Å²) in [5.41, 5.74) is 17.0. The number of benzene rings is 9. The van der Waals surface area contributed by atoms with Gasteiger partial charge in [0.2, 0.25) is 0 Å². The van der Waals surface area contributed by atoms with E-state index < -0.39 is 37.7 Å². The van der Waals surface area contributed by atoms with Gasteiger partial charge in [0.25, 0.3) is 0 Å². The van der Waals surface area contributed by atoms with Crippen LogP contribution in [0.1, 0.15) is 22.3 Å². The largest absolute Gasteiger partial charge is 0.310 e. The zero-order valence-corrected chi connectivity index (χ0v) is 47.9. The smallest absolute Gasteiger partial charge is 0.0775 e. The zero-order chi connectivity index (χ0) is 49.8. The Hall–Kier alpha value is -6.29. The van der Waals surface area contributed by atoms with Gasteiger partial charge in [0.15, 0.2) is 0 Å². The highest BCUT2D eigenvalue weighted by Gasteiger charge is 2.50. The standard InChI is InChI=1S/C65H68N2Si4/c1-68(2,3)50-33-24-45(25-34-50)66(46-26-35-51(36-27-46)69(4,5)6)49-32-41-56-57-42-43-63(67(47-28-37-52(38-29-47)70(7,8)9)48-30-39-53(40-31-48)71(10,11)12)58-20-17-23-61(64(57)58)65(62(56)44-49)59-21-15-13-18-54(59)55-19-14-16-22-60(55)65/h13-44H,1-12H3. The minimum atomic E-state index is -1.53. The van der Waals surface area contributed by atoms with Gasteiger partial charge in [-0.05, 0) is 117 Å². The van der Waals surface area contributed by atoms with Crippen molar-refractivity contribution in [3.63, 3.8) is 0 Å². The fourth-order valence-electron chi connectivity index (χ4n) is 11.6. The van der Waals surface area contributed by atoms with Gasteiger partial charge in [-0.2, -0.15) is 0 Å². The summed E-state index contributed by atoms with van der Waals surface area (Å²) in [4.78, 5) is 5.02. The van der Waals surface area contributed by atoms with Crippen molar-refractivity contribution in [1.82, 2.24) is 0 Å². The van der Waals surface area contributed by atoms with Crippen molar-refractivity contribution in [2.45, 2.75) is 84.0 Å². The first-order chi connectivity index (χ1) is 33.7. The molecule has 354 valence electrons. The Labute approximate surface area is 427 Å². The molecule has 0 heterocycles. The summed E-state index contributed by atoms with van der Waals surface area (Å²) in [6.45, 7) is 29.2. The molecule has 0 aliphatic heterocycles. The quantitative estimate of drug-likeness (QED) is 0.126. The lowest BCUT2D eigenvalue weighted by Gasteiger charge is -2.41. The highest BCUT2D eigenvalue weighted by molar-refractivity contribution is 6.90. The van der Waals surface area contributed by atoms with E-state index in [0.717, 1.165) is 5.69 Å². The summed E-state index contributed by atoms with van der Waals surface area (Å²) in [5, 5.41) is 8.44. The number of hydrogen-bond acceptors (Lipinski definition) is 2. The highest BCUT2D eigenvalue weighted by atomic mass is 28.3. The summed E-state index contributed by atoms with van der Waals surface area (Å²) >= 11 is 0. The van der Waals surface area contributed by atoms with Crippen molar-refractivity contribution in [3.8, 4) is 22.3 Å². The molecule has 2 nitrogen and oxygen atoms in total. The molecule has 0 atom stereocenters. The van der Waals surface area contributed by atoms with Crippen LogP contribution in [0, 0.1) is 0 Å². The Kier molecular flexibility index (Phi) is 11.2. The second kappa shape index (κ2) is 16.9. The van der Waals surface area contributed by atoms with Crippen molar-refractivity contribution in [1.29, 1.82) is 0 Å². The molecular weight excluding hydrogens is 921 g/mol. The van der Waals surface area contributed by atoms with Gasteiger partial charge in [-0.25, -0.2) is 0 Å². The van der Waals surface area contributed by atoms with Crippen LogP contribution in [0.4, 0.5) is 34.1 Å². The maximum Gasteiger partial charge on any atom is 0.0775 e. The van der Waals surface area contributed by atoms with Gasteiger partial charge >= 0.3 is 0 Å². The summed E-state index contributed by atoms with van der Waals surface area (Å²) in [6.07, 6.45) is 0. The molecule has 1 spiro atoms. The SMILES string of the molecule is C[Si](C)(C)c1ccc(N(c2ccc([Si](C)(C)C)cc2)c2ccc3c(c2)C2(c4ccccc4-c4ccccc42)c2cccc4c(N(c5ccc([Si](C)(C)C)cc5)c5ccc([Si](C)(C)C)cc5)ccc-3c24)cc1. The molecule has 0 saturated carbocycles. The first kappa shape index (κ1) is 47.1. The second-order valence-corrected chi connectivity index (χ2v) is 44.6. The van der Waals surface area contributed by atoms with E-state index in [1.807, 2.05) is 0 Å². The van der Waals surface area contributed by atoms with Crippen LogP contribution in [0.2, 0.25) is 78.6 Å². The Balaban J connectivity index is 1.19. The van der Waals surface area contributed by atoms with Crippen molar-refractivity contribution in [2.75, 3.05) is 9.80 Å². The Morgan fingerprint density at radius 3 is 1.06 bits per heavy atom. The molecule has 0 radical (unpaired) electrons. The van der Waals surface area contributed by atoms with Crippen LogP contribution in [-0.2, 0) is 5.41 Å². The number of rotatable bonds is 10. The number of hydrogen-bond donors (Lipinski definition) is 0. The lowest BCUT2D eigenvalue weighted by atomic mass is 9.61. The molecular formula is C65H68N2Si4. The number of nitrogens with zero attached hydrogens (tertiary/aromatic N) is 2. The van der Waals surface area contributed by atoms with Crippen LogP contribution in [0.15, 0.2) is 194 Å². The molecule has 2 aliphatic rings. The molecule has 0 saturated heterocycles. The predicted molar refractivity (Wildman–Crippen MR) is 322 cm³/mol. The van der Waals surface area contributed by atoms with Crippen LogP contribution in [0.3, 0.4) is 0 Å². The molecule has 11 rings (SSSR count). The van der Waals surface area contributed by atoms with Crippen molar-refractivity contribution < 1.29 is 0 Å². The Bertz CT molecular complexity index is 3330. The molecule has 0 aromatic heterocycles. The van der Waals surface area contributed by atoms with Crippen LogP contribution >= 0.6 is 0 Å². The number of fused-ring (bicyclic) bond motifs is 9. The fraction of sp³-hybridized carbons (Fsp3) is 0.200. The minimum Gasteiger partial charge on any atom is -0.310 e. The van der Waals surface area contributed by atoms with E-state index in [-0.39, 0.29) is 0 Å². The van der Waals surface area contributed by atoms with Crippen molar-refractivity contribution in [3.05, 3.63) is 216 Å². The third-order valence-electron chi connectivity index (χ3n) is 15.5. The average Bonchev–Trinajstić information content (AvgIpc) is 3.64. The van der Waals surface area contributed by atoms with Gasteiger partial charge in [0, 0.05) is 33.8 Å². The van der Waals surface area contributed by atoms with Crippen molar-refractivity contribution >= 4 is 97.9 Å². The minimum absolute atomic E-state index is 0.582. The summed E-state index contributed by atoms with van der Waals surface area (Å²) in [7, 11) is -6.11. The van der Waals surface area contributed by atoms with Gasteiger partial charge in [-0.3, -0.25) is 0 Å². The van der Waals surface area contributed by atoms with Gasteiger partial charge in [0.1, 0.15) is 0 Å². The van der Waals surface area contributed by atoms with E-state index >= 15 is 0 Å². The molecule has 0 N–H and O–H groups in total. The first-order valence-electron chi connectivity index (χ1n) is 25.7. The van der Waals surface area contributed by atoms with E-state index in [9.17, 15) is 0 Å². The second-order valence-electron chi connectivity index (χ2n) is 24.3. The maximum atomic E-state index is 2.55. The van der Waals surface area contributed by atoms with Gasteiger partial charge in [-0.1, -0.05) is 227 Å². The van der Waals surface area contributed by atoms with E-state index in [0.29, 0.717) is 0 Å². The van der Waals surface area contributed by atoms with Gasteiger partial charge in [0.05, 0.1) is 43.4 Å². The van der Waals surface area contributed by atoms with Crippen LogP contribution in [0.5, 0.6) is 0 Å². The fourth-order valence-corrected chi connectivity index (χ4v) is 16.3. The molecule has 0 unspecified atom stereocenters. The summed E-state index contributed by atoms with van der Waals surface area (Å²) in [6, 6.07) is 75.8. The molecule has 9 aromatic rings. The normalized spacial score (nSPS) is 13.7. The molecule has 0 fully saturated rings. The number of anilines is 6. The molecule has 9 aromatic carbocycles. The third-order valence-corrected chi connectivity index (χ3v) is 23.8. The predicted octanol–water partition coefficient (Wildman–Crippen LogP) is 16.3. The zero-order valence-electron chi connectivity index (χ0n) is 43.9. The monoisotopic (exact) mass is 988 g/mol. The Morgan fingerprint density at radius 2 is 0.634 bits per heavy atom. The van der Waals surface area contributed by atoms with Gasteiger partial charge < -0.3 is 9.80 Å². The van der Waals surface area contributed by atoms with E-state index in [1.165, 1.54) is 104 Å². The van der Waals surface area contributed by atoms with Crippen LogP contribution in [-0.4, -0.2) is 32.3 Å². The average molecular weight is 990 g/mol. The molecule has 6 heteroatoms. The maximum absolute atomic E-state index is 2.55. The lowest BCUT2D eigenvalue weighted by molar-refractivity contribution is 0.773. The van der Waals surface area contributed by atoms with E-state index in [2.05, 4.69) is 282 Å². The summed E-state index contributed by atoms with van der Waals surface area (Å²) < 4.78 is 0. The van der Waals surface area contributed by atoms with Crippen LogP contribution < -0.4 is 30.5 Å². The third kappa shape index (κ3) is 7.86. The molecule has 71 heavy (non-hydrogen) atoms. The molecule has 0 bridgehead atoms. The van der Waals surface area contributed by atoms with Crippen LogP contribution in [0.25, 0.3) is 33.0 Å². The topological polar surface area (TPSA) is 6.48 Å². The van der Waals surface area contributed by atoms with Crippen molar-refractivity contribution in [2.24, 2.45) is 0 Å². The molecule has 0 amide bonds. The summed E-state index contributed by atoms with van der Waals surface area (Å²) in [5.74, 6) is 0. The Morgan fingerprint density at radius 1 is 0.282 bits per heavy atom. The molecule has 2 aliphatic carbocycles. The van der Waals surface area contributed by atoms with Gasteiger partial charge in [-0.15, -0.1) is 0 Å².